The molecule has 0 aromatic carbocycles. The lowest BCUT2D eigenvalue weighted by Crippen LogP contribution is -2.44. The number of methoxy groups -OCH3 is 1. The predicted molar refractivity (Wildman–Crippen MR) is 39.0 cm³/mol. The molecule has 0 aliphatic carbocycles. The third-order valence-corrected chi connectivity index (χ3v) is 1.95. The van der Waals surface area contributed by atoms with Crippen molar-refractivity contribution in [3.05, 3.63) is 0 Å². The molecule has 2 atom stereocenters. The fraction of sp³-hybridized carbons (Fsp3) is 0.857. The van der Waals surface area contributed by atoms with E-state index in [2.05, 4.69) is 10.1 Å². The summed E-state index contributed by atoms with van der Waals surface area (Å²) in [5, 5.41) is 12.3. The molecular weight excluding hydrogens is 146 g/mol. The van der Waals surface area contributed by atoms with Crippen LogP contribution in [0.25, 0.3) is 0 Å². The minimum Gasteiger partial charge on any atom is -0.469 e. The smallest absolute Gasteiger partial charge is 0.312 e. The van der Waals surface area contributed by atoms with Gasteiger partial charge in [0, 0.05) is 6.54 Å². The average Bonchev–Trinajstić information content (AvgIpc) is 2.04. The molecular formula is C7H13NO3. The summed E-state index contributed by atoms with van der Waals surface area (Å²) in [6.45, 7) is 1.29. The minimum absolute atomic E-state index is 0.329. The van der Waals surface area contributed by atoms with Gasteiger partial charge in [-0.2, -0.15) is 0 Å². The monoisotopic (exact) mass is 159 g/mol. The summed E-state index contributed by atoms with van der Waals surface area (Å²) in [6, 6.07) is 0. The Kier molecular flexibility index (Phi) is 2.84. The third-order valence-electron chi connectivity index (χ3n) is 1.95. The Morgan fingerprint density at radius 1 is 1.73 bits per heavy atom. The number of ether oxygens (including phenoxy) is 1. The highest BCUT2D eigenvalue weighted by Crippen LogP contribution is 2.11. The minimum atomic E-state index is -0.538. The van der Waals surface area contributed by atoms with Gasteiger partial charge < -0.3 is 15.2 Å². The highest BCUT2D eigenvalue weighted by Gasteiger charge is 2.29. The van der Waals surface area contributed by atoms with Crippen molar-refractivity contribution in [1.29, 1.82) is 0 Å². The molecule has 0 aromatic rings. The molecule has 0 saturated carbocycles. The van der Waals surface area contributed by atoms with Gasteiger partial charge >= 0.3 is 5.97 Å². The highest BCUT2D eigenvalue weighted by atomic mass is 16.5. The van der Waals surface area contributed by atoms with Crippen molar-refractivity contribution in [2.24, 2.45) is 5.92 Å². The lowest BCUT2D eigenvalue weighted by Gasteiger charge is -2.25. The molecule has 1 rings (SSSR count). The molecule has 1 fully saturated rings. The van der Waals surface area contributed by atoms with E-state index < -0.39 is 6.10 Å². The Labute approximate surface area is 65.5 Å². The van der Waals surface area contributed by atoms with Gasteiger partial charge in [-0.05, 0) is 13.0 Å². The van der Waals surface area contributed by atoms with Crippen LogP contribution in [0.5, 0.6) is 0 Å². The molecule has 0 aromatic heterocycles. The summed E-state index contributed by atoms with van der Waals surface area (Å²) in [5.74, 6) is -0.710. The maximum atomic E-state index is 11.0. The van der Waals surface area contributed by atoms with Crippen molar-refractivity contribution in [2.75, 3.05) is 20.2 Å². The average molecular weight is 159 g/mol. The van der Waals surface area contributed by atoms with Crippen LogP contribution in [0, 0.1) is 5.92 Å². The first kappa shape index (κ1) is 8.49. The van der Waals surface area contributed by atoms with Gasteiger partial charge in [0.25, 0.3) is 0 Å². The number of aliphatic hydroxyl groups is 1. The fourth-order valence-electron chi connectivity index (χ4n) is 1.24. The Hall–Kier alpha value is -0.610. The zero-order valence-corrected chi connectivity index (χ0v) is 6.54. The third kappa shape index (κ3) is 1.91. The summed E-state index contributed by atoms with van der Waals surface area (Å²) in [5.41, 5.74) is 0. The van der Waals surface area contributed by atoms with Crippen molar-refractivity contribution < 1.29 is 14.6 Å². The summed E-state index contributed by atoms with van der Waals surface area (Å²) in [4.78, 5) is 11.0. The van der Waals surface area contributed by atoms with Crippen LogP contribution in [0.1, 0.15) is 6.42 Å². The van der Waals surface area contributed by atoms with Crippen molar-refractivity contribution >= 4 is 5.97 Å². The first-order valence-electron chi connectivity index (χ1n) is 3.72. The molecule has 1 heterocycles. The van der Waals surface area contributed by atoms with Crippen LogP contribution in [-0.4, -0.2) is 37.4 Å². The standard InChI is InChI=1S/C7H13NO3/c1-11-7(10)5-4-8-3-2-6(5)9/h5-6,8-9H,2-4H2,1H3. The van der Waals surface area contributed by atoms with Gasteiger partial charge in [0.2, 0.25) is 0 Å². The van der Waals surface area contributed by atoms with E-state index in [9.17, 15) is 9.90 Å². The molecule has 2 unspecified atom stereocenters. The molecule has 11 heavy (non-hydrogen) atoms. The molecule has 0 amide bonds. The first-order valence-corrected chi connectivity index (χ1v) is 3.72. The van der Waals surface area contributed by atoms with E-state index in [0.29, 0.717) is 13.0 Å². The van der Waals surface area contributed by atoms with Crippen LogP contribution in [0.3, 0.4) is 0 Å². The van der Waals surface area contributed by atoms with Crippen molar-refractivity contribution in [1.82, 2.24) is 5.32 Å². The lowest BCUT2D eigenvalue weighted by atomic mass is 9.96. The van der Waals surface area contributed by atoms with E-state index in [1.807, 2.05) is 0 Å². The van der Waals surface area contributed by atoms with Crippen LogP contribution in [0.2, 0.25) is 0 Å². The Morgan fingerprint density at radius 2 is 2.45 bits per heavy atom. The summed E-state index contributed by atoms with van der Waals surface area (Å²) >= 11 is 0. The molecule has 4 heteroatoms. The number of nitrogens with one attached hydrogen (secondary N) is 1. The molecule has 1 aliphatic heterocycles. The Morgan fingerprint density at radius 3 is 3.00 bits per heavy atom. The topological polar surface area (TPSA) is 58.6 Å². The van der Waals surface area contributed by atoms with E-state index in [1.165, 1.54) is 7.11 Å². The SMILES string of the molecule is COC(=O)C1CNCCC1O. The highest BCUT2D eigenvalue weighted by molar-refractivity contribution is 5.73. The quantitative estimate of drug-likeness (QED) is 0.488. The molecule has 0 bridgehead atoms. The second-order valence-electron chi connectivity index (χ2n) is 2.69. The van der Waals surface area contributed by atoms with Crippen LogP contribution in [0.4, 0.5) is 0 Å². The second-order valence-corrected chi connectivity index (χ2v) is 2.69. The molecule has 1 saturated heterocycles. The molecule has 4 nitrogen and oxygen atoms in total. The van der Waals surface area contributed by atoms with Crippen molar-refractivity contribution in [3.8, 4) is 0 Å². The number of esters is 1. The molecule has 1 aliphatic rings. The van der Waals surface area contributed by atoms with E-state index in [-0.39, 0.29) is 11.9 Å². The fourth-order valence-corrected chi connectivity index (χ4v) is 1.24. The van der Waals surface area contributed by atoms with E-state index >= 15 is 0 Å². The zero-order valence-electron chi connectivity index (χ0n) is 6.54. The van der Waals surface area contributed by atoms with E-state index in [0.717, 1.165) is 6.54 Å². The van der Waals surface area contributed by atoms with Crippen LogP contribution >= 0.6 is 0 Å². The summed E-state index contributed by atoms with van der Waals surface area (Å²) < 4.78 is 4.52. The predicted octanol–water partition coefficient (Wildman–Crippen LogP) is -0.870. The van der Waals surface area contributed by atoms with Gasteiger partial charge in [0.05, 0.1) is 19.1 Å². The Bertz CT molecular complexity index is 149. The molecule has 2 N–H and O–H groups in total. The zero-order chi connectivity index (χ0) is 8.27. The van der Waals surface area contributed by atoms with Gasteiger partial charge in [-0.1, -0.05) is 0 Å². The van der Waals surface area contributed by atoms with Crippen LogP contribution < -0.4 is 5.32 Å². The van der Waals surface area contributed by atoms with Crippen LogP contribution in [0.15, 0.2) is 0 Å². The summed E-state index contributed by atoms with van der Waals surface area (Å²) in [7, 11) is 1.34. The number of carbonyl (C=O) groups is 1. The number of hydrogen-bond acceptors (Lipinski definition) is 4. The number of rotatable bonds is 1. The summed E-state index contributed by atoms with van der Waals surface area (Å²) in [6.07, 6.45) is 0.0865. The molecule has 64 valence electrons. The molecule has 0 spiro atoms. The van der Waals surface area contributed by atoms with Gasteiger partial charge in [-0.25, -0.2) is 0 Å². The second kappa shape index (κ2) is 3.69. The molecule has 0 radical (unpaired) electrons. The van der Waals surface area contributed by atoms with Gasteiger partial charge in [-0.15, -0.1) is 0 Å². The number of hydrogen-bond donors (Lipinski definition) is 2. The van der Waals surface area contributed by atoms with E-state index in [1.54, 1.807) is 0 Å². The maximum absolute atomic E-state index is 11.0. The van der Waals surface area contributed by atoms with Crippen molar-refractivity contribution in [3.63, 3.8) is 0 Å². The maximum Gasteiger partial charge on any atom is 0.312 e. The lowest BCUT2D eigenvalue weighted by molar-refractivity contribution is -0.150. The number of carbonyl (C=O) groups excluding carboxylic acids is 1. The normalized spacial score (nSPS) is 31.5. The Balaban J connectivity index is 2.47. The van der Waals surface area contributed by atoms with Crippen molar-refractivity contribution in [2.45, 2.75) is 12.5 Å². The van der Waals surface area contributed by atoms with Crippen LogP contribution in [-0.2, 0) is 9.53 Å². The van der Waals surface area contributed by atoms with Gasteiger partial charge in [-0.3, -0.25) is 4.79 Å². The first-order chi connectivity index (χ1) is 5.25. The largest absolute Gasteiger partial charge is 0.469 e. The number of aliphatic hydroxyl groups excluding tert-OH is 1. The van der Waals surface area contributed by atoms with Gasteiger partial charge in [0.1, 0.15) is 0 Å². The van der Waals surface area contributed by atoms with Gasteiger partial charge in [0.15, 0.2) is 0 Å². The number of piperidine rings is 1. The van der Waals surface area contributed by atoms with E-state index in [4.69, 9.17) is 0 Å².